The van der Waals surface area contributed by atoms with Gasteiger partial charge in [-0.1, -0.05) is 29.8 Å². The third-order valence-electron chi connectivity index (χ3n) is 2.91. The number of rotatable bonds is 3. The second-order valence-corrected chi connectivity index (χ2v) is 4.35. The third kappa shape index (κ3) is 2.53. The van der Waals surface area contributed by atoms with Gasteiger partial charge in [-0.15, -0.1) is 0 Å². The second kappa shape index (κ2) is 5.11. The summed E-state index contributed by atoms with van der Waals surface area (Å²) in [6.07, 6.45) is 1.85. The Morgan fingerprint density at radius 1 is 1.12 bits per heavy atom. The van der Waals surface area contributed by atoms with Gasteiger partial charge in [0.15, 0.2) is 0 Å². The van der Waals surface area contributed by atoms with Gasteiger partial charge in [-0.05, 0) is 38.1 Å². The van der Waals surface area contributed by atoms with Crippen LogP contribution >= 0.6 is 0 Å². The summed E-state index contributed by atoms with van der Waals surface area (Å²) in [6.45, 7) is 5.07. The number of hydrogen-bond acceptors (Lipinski definition) is 2. The number of pyridine rings is 1. The Labute approximate surface area is 103 Å². The number of benzene rings is 1. The van der Waals surface area contributed by atoms with E-state index >= 15 is 0 Å². The van der Waals surface area contributed by atoms with E-state index in [1.807, 2.05) is 19.3 Å². The molecular formula is C15H18N2. The first-order chi connectivity index (χ1) is 8.22. The zero-order valence-electron chi connectivity index (χ0n) is 10.6. The van der Waals surface area contributed by atoms with Gasteiger partial charge in [-0.3, -0.25) is 4.98 Å². The Balaban J connectivity index is 2.52. The van der Waals surface area contributed by atoms with Crippen LogP contribution in [0.1, 0.15) is 16.8 Å². The smallest absolute Gasteiger partial charge is 0.0619 e. The Bertz CT molecular complexity index is 518. The zero-order chi connectivity index (χ0) is 12.3. The lowest BCUT2D eigenvalue weighted by molar-refractivity contribution is 0.793. The average Bonchev–Trinajstić information content (AvgIpc) is 2.31. The lowest BCUT2D eigenvalue weighted by Crippen LogP contribution is -2.08. The molecule has 0 unspecified atom stereocenters. The van der Waals surface area contributed by atoms with E-state index in [0.29, 0.717) is 0 Å². The molecule has 0 aliphatic heterocycles. The summed E-state index contributed by atoms with van der Waals surface area (Å²) >= 11 is 0. The number of nitrogens with zero attached hydrogens (tertiary/aromatic N) is 1. The van der Waals surface area contributed by atoms with Gasteiger partial charge in [-0.2, -0.15) is 0 Å². The highest BCUT2D eigenvalue weighted by Crippen LogP contribution is 2.26. The van der Waals surface area contributed by atoms with Gasteiger partial charge in [0.2, 0.25) is 0 Å². The summed E-state index contributed by atoms with van der Waals surface area (Å²) in [5.41, 5.74) is 6.19. The van der Waals surface area contributed by atoms with Crippen LogP contribution in [0.15, 0.2) is 36.5 Å². The van der Waals surface area contributed by atoms with E-state index in [9.17, 15) is 0 Å². The quantitative estimate of drug-likeness (QED) is 0.870. The number of aryl methyl sites for hydroxylation is 2. The van der Waals surface area contributed by atoms with Crippen molar-refractivity contribution in [2.45, 2.75) is 20.4 Å². The number of hydrogen-bond donors (Lipinski definition) is 1. The van der Waals surface area contributed by atoms with Crippen molar-refractivity contribution in [3.63, 3.8) is 0 Å². The predicted octanol–water partition coefficient (Wildman–Crippen LogP) is 3.08. The molecule has 17 heavy (non-hydrogen) atoms. The minimum Gasteiger partial charge on any atom is -0.314 e. The van der Waals surface area contributed by atoms with E-state index in [2.05, 4.69) is 48.4 Å². The van der Waals surface area contributed by atoms with Gasteiger partial charge >= 0.3 is 0 Å². The summed E-state index contributed by atoms with van der Waals surface area (Å²) in [4.78, 5) is 4.45. The average molecular weight is 226 g/mol. The summed E-state index contributed by atoms with van der Waals surface area (Å²) < 4.78 is 0. The summed E-state index contributed by atoms with van der Waals surface area (Å²) in [7, 11) is 1.94. The van der Waals surface area contributed by atoms with Crippen molar-refractivity contribution in [3.05, 3.63) is 53.3 Å². The van der Waals surface area contributed by atoms with Gasteiger partial charge in [-0.25, -0.2) is 0 Å². The Morgan fingerprint density at radius 3 is 2.65 bits per heavy atom. The van der Waals surface area contributed by atoms with Crippen molar-refractivity contribution in [2.75, 3.05) is 7.05 Å². The van der Waals surface area contributed by atoms with Crippen molar-refractivity contribution in [3.8, 4) is 11.1 Å². The number of nitrogens with one attached hydrogen (secondary N) is 1. The minimum absolute atomic E-state index is 0.795. The Morgan fingerprint density at radius 2 is 1.94 bits per heavy atom. The largest absolute Gasteiger partial charge is 0.314 e. The maximum Gasteiger partial charge on any atom is 0.0619 e. The molecule has 2 rings (SSSR count). The topological polar surface area (TPSA) is 24.9 Å². The van der Waals surface area contributed by atoms with Crippen LogP contribution in [-0.4, -0.2) is 12.0 Å². The molecule has 88 valence electrons. The van der Waals surface area contributed by atoms with Crippen LogP contribution in [0.2, 0.25) is 0 Å². The zero-order valence-corrected chi connectivity index (χ0v) is 10.6. The monoisotopic (exact) mass is 226 g/mol. The van der Waals surface area contributed by atoms with E-state index in [-0.39, 0.29) is 0 Å². The fourth-order valence-electron chi connectivity index (χ4n) is 2.11. The molecule has 0 saturated heterocycles. The fraction of sp³-hybridized carbons (Fsp3) is 0.267. The summed E-state index contributed by atoms with van der Waals surface area (Å²) in [5, 5.41) is 3.16. The predicted molar refractivity (Wildman–Crippen MR) is 71.9 cm³/mol. The van der Waals surface area contributed by atoms with Gasteiger partial charge in [0, 0.05) is 18.3 Å². The maximum atomic E-state index is 4.45. The van der Waals surface area contributed by atoms with E-state index in [0.717, 1.165) is 12.2 Å². The summed E-state index contributed by atoms with van der Waals surface area (Å²) in [5.74, 6) is 0. The van der Waals surface area contributed by atoms with E-state index in [1.165, 1.54) is 22.3 Å². The molecule has 1 aromatic carbocycles. The molecule has 0 radical (unpaired) electrons. The van der Waals surface area contributed by atoms with Crippen LogP contribution in [0.4, 0.5) is 0 Å². The molecule has 1 aromatic heterocycles. The first kappa shape index (κ1) is 11.8. The molecule has 0 atom stereocenters. The van der Waals surface area contributed by atoms with Crippen molar-refractivity contribution in [1.29, 1.82) is 0 Å². The lowest BCUT2D eigenvalue weighted by atomic mass is 9.97. The molecule has 1 N–H and O–H groups in total. The van der Waals surface area contributed by atoms with Crippen LogP contribution in [-0.2, 0) is 6.54 Å². The van der Waals surface area contributed by atoms with E-state index < -0.39 is 0 Å². The van der Waals surface area contributed by atoms with Crippen molar-refractivity contribution in [2.24, 2.45) is 0 Å². The van der Waals surface area contributed by atoms with Crippen LogP contribution in [0.3, 0.4) is 0 Å². The highest BCUT2D eigenvalue weighted by molar-refractivity contribution is 5.69. The normalized spacial score (nSPS) is 10.5. The molecule has 0 saturated carbocycles. The van der Waals surface area contributed by atoms with Gasteiger partial charge in [0.05, 0.1) is 5.69 Å². The Hall–Kier alpha value is -1.67. The van der Waals surface area contributed by atoms with Gasteiger partial charge in [0.1, 0.15) is 0 Å². The molecule has 1 heterocycles. The molecule has 0 spiro atoms. The van der Waals surface area contributed by atoms with E-state index in [4.69, 9.17) is 0 Å². The third-order valence-corrected chi connectivity index (χ3v) is 2.91. The lowest BCUT2D eigenvalue weighted by Gasteiger charge is -2.11. The SMILES string of the molecule is CNCc1ncccc1-c1ccc(C)cc1C. The Kier molecular flexibility index (Phi) is 3.55. The first-order valence-electron chi connectivity index (χ1n) is 5.88. The maximum absolute atomic E-state index is 4.45. The van der Waals surface area contributed by atoms with Crippen LogP contribution < -0.4 is 5.32 Å². The standard InChI is InChI=1S/C15H18N2/c1-11-6-7-13(12(2)9-11)14-5-4-8-17-15(14)10-16-3/h4-9,16H,10H2,1-3H3. The van der Waals surface area contributed by atoms with Crippen LogP contribution in [0.5, 0.6) is 0 Å². The highest BCUT2D eigenvalue weighted by atomic mass is 14.8. The van der Waals surface area contributed by atoms with Crippen molar-refractivity contribution in [1.82, 2.24) is 10.3 Å². The van der Waals surface area contributed by atoms with Gasteiger partial charge < -0.3 is 5.32 Å². The van der Waals surface area contributed by atoms with Gasteiger partial charge in [0.25, 0.3) is 0 Å². The molecular weight excluding hydrogens is 208 g/mol. The first-order valence-corrected chi connectivity index (χ1v) is 5.88. The number of aromatic nitrogens is 1. The van der Waals surface area contributed by atoms with E-state index in [1.54, 1.807) is 0 Å². The molecule has 0 fully saturated rings. The molecule has 0 bridgehead atoms. The molecule has 2 heteroatoms. The molecule has 2 nitrogen and oxygen atoms in total. The second-order valence-electron chi connectivity index (χ2n) is 4.35. The van der Waals surface area contributed by atoms with Crippen LogP contribution in [0, 0.1) is 13.8 Å². The molecule has 0 amide bonds. The molecule has 0 aliphatic carbocycles. The molecule has 0 aliphatic rings. The molecule has 2 aromatic rings. The minimum atomic E-state index is 0.795. The van der Waals surface area contributed by atoms with Crippen molar-refractivity contribution < 1.29 is 0 Å². The van der Waals surface area contributed by atoms with Crippen LogP contribution in [0.25, 0.3) is 11.1 Å². The fourth-order valence-corrected chi connectivity index (χ4v) is 2.11. The van der Waals surface area contributed by atoms with Crippen molar-refractivity contribution >= 4 is 0 Å². The highest BCUT2D eigenvalue weighted by Gasteiger charge is 2.07. The summed E-state index contributed by atoms with van der Waals surface area (Å²) in [6, 6.07) is 10.7.